The van der Waals surface area contributed by atoms with Crippen LogP contribution in [0.25, 0.3) is 0 Å². The molecule has 0 radical (unpaired) electrons. The summed E-state index contributed by atoms with van der Waals surface area (Å²) in [4.78, 5) is 14.0. The number of hydrogen-bond donors (Lipinski definition) is 1. The van der Waals surface area contributed by atoms with E-state index in [1.54, 1.807) is 21.0 Å². The van der Waals surface area contributed by atoms with Gasteiger partial charge in [0.15, 0.2) is 5.78 Å². The molecule has 0 spiro atoms. The molecule has 0 saturated carbocycles. The minimum Gasteiger partial charge on any atom is -0.383 e. The zero-order valence-electron chi connectivity index (χ0n) is 11.5. The molecule has 4 nitrogen and oxygen atoms in total. The van der Waals surface area contributed by atoms with E-state index in [1.807, 2.05) is 0 Å². The molecule has 0 rings (SSSR count). The first-order valence-electron chi connectivity index (χ1n) is 5.65. The van der Waals surface area contributed by atoms with Crippen LogP contribution in [0.1, 0.15) is 34.6 Å². The number of ether oxygens (including phenoxy) is 1. The van der Waals surface area contributed by atoms with E-state index in [1.165, 1.54) is 0 Å². The number of methoxy groups -OCH3 is 1. The Labute approximate surface area is 99.1 Å². The van der Waals surface area contributed by atoms with Crippen molar-refractivity contribution in [3.63, 3.8) is 0 Å². The van der Waals surface area contributed by atoms with Crippen molar-refractivity contribution in [3.05, 3.63) is 0 Å². The molecule has 0 aliphatic heterocycles. The van der Waals surface area contributed by atoms with Crippen molar-refractivity contribution in [1.29, 1.82) is 0 Å². The first-order valence-corrected chi connectivity index (χ1v) is 5.65. The van der Waals surface area contributed by atoms with Crippen molar-refractivity contribution < 1.29 is 9.53 Å². The first-order chi connectivity index (χ1) is 7.09. The summed E-state index contributed by atoms with van der Waals surface area (Å²) in [6.07, 6.45) is 0. The van der Waals surface area contributed by atoms with Crippen LogP contribution >= 0.6 is 0 Å². The molecule has 0 amide bonds. The van der Waals surface area contributed by atoms with Crippen LogP contribution in [0, 0.1) is 0 Å². The van der Waals surface area contributed by atoms with Crippen LogP contribution in [0.4, 0.5) is 0 Å². The molecular formula is C12H26N2O2. The second-order valence-corrected chi connectivity index (χ2v) is 5.73. The van der Waals surface area contributed by atoms with Gasteiger partial charge < -0.3 is 10.5 Å². The normalized spacial score (nSPS) is 13.2. The van der Waals surface area contributed by atoms with Gasteiger partial charge in [0.25, 0.3) is 0 Å². The number of nitrogens with zero attached hydrogens (tertiary/aromatic N) is 1. The van der Waals surface area contributed by atoms with Crippen LogP contribution in [0.3, 0.4) is 0 Å². The summed E-state index contributed by atoms with van der Waals surface area (Å²) < 4.78 is 5.05. The summed E-state index contributed by atoms with van der Waals surface area (Å²) in [6, 6.07) is 0. The maximum Gasteiger partial charge on any atom is 0.166 e. The van der Waals surface area contributed by atoms with Crippen LogP contribution in [-0.4, -0.2) is 48.6 Å². The molecule has 96 valence electrons. The van der Waals surface area contributed by atoms with Gasteiger partial charge in [-0.15, -0.1) is 0 Å². The van der Waals surface area contributed by atoms with Gasteiger partial charge >= 0.3 is 0 Å². The number of nitrogens with two attached hydrogens (primary N) is 1. The summed E-state index contributed by atoms with van der Waals surface area (Å²) in [5.74, 6) is 0.0542. The van der Waals surface area contributed by atoms with Gasteiger partial charge in [-0.2, -0.15) is 0 Å². The Balaban J connectivity index is 4.50. The molecule has 2 N–H and O–H groups in total. The Kier molecular flexibility index (Phi) is 5.59. The van der Waals surface area contributed by atoms with Gasteiger partial charge in [-0.05, 0) is 34.6 Å². The van der Waals surface area contributed by atoms with Crippen molar-refractivity contribution in [3.8, 4) is 0 Å². The fraction of sp³-hybridized carbons (Fsp3) is 0.917. The molecule has 0 aliphatic carbocycles. The average Bonchev–Trinajstić information content (AvgIpc) is 2.08. The van der Waals surface area contributed by atoms with Gasteiger partial charge in [0.05, 0.1) is 18.7 Å². The highest BCUT2D eigenvalue weighted by Gasteiger charge is 2.28. The highest BCUT2D eigenvalue weighted by molar-refractivity contribution is 5.89. The van der Waals surface area contributed by atoms with Crippen molar-refractivity contribution in [2.24, 2.45) is 5.73 Å². The molecule has 0 unspecified atom stereocenters. The molecule has 0 aromatic rings. The average molecular weight is 230 g/mol. The van der Waals surface area contributed by atoms with Gasteiger partial charge in [0, 0.05) is 19.2 Å². The molecule has 0 bridgehead atoms. The monoisotopic (exact) mass is 230 g/mol. The van der Waals surface area contributed by atoms with Crippen LogP contribution in [-0.2, 0) is 9.53 Å². The molecule has 0 aliphatic rings. The second kappa shape index (κ2) is 5.75. The van der Waals surface area contributed by atoms with Gasteiger partial charge in [0.2, 0.25) is 0 Å². The zero-order valence-corrected chi connectivity index (χ0v) is 11.5. The molecule has 4 heteroatoms. The topological polar surface area (TPSA) is 55.6 Å². The summed E-state index contributed by atoms with van der Waals surface area (Å²) in [5.41, 5.74) is 4.97. The van der Waals surface area contributed by atoms with Crippen LogP contribution in [0.15, 0.2) is 0 Å². The molecular weight excluding hydrogens is 204 g/mol. The van der Waals surface area contributed by atoms with E-state index in [0.29, 0.717) is 13.2 Å². The van der Waals surface area contributed by atoms with Crippen LogP contribution < -0.4 is 5.73 Å². The lowest BCUT2D eigenvalue weighted by molar-refractivity contribution is -0.125. The van der Waals surface area contributed by atoms with E-state index < -0.39 is 5.54 Å². The number of carbonyl (C=O) groups excluding carboxylic acids is 1. The number of carbonyl (C=O) groups is 1. The number of rotatable bonds is 6. The Morgan fingerprint density at radius 2 is 1.75 bits per heavy atom. The number of ketones is 1. The molecule has 0 atom stereocenters. The fourth-order valence-electron chi connectivity index (χ4n) is 1.23. The van der Waals surface area contributed by atoms with E-state index in [0.717, 1.165) is 6.54 Å². The quantitative estimate of drug-likeness (QED) is 0.741. The summed E-state index contributed by atoms with van der Waals surface area (Å²) in [5, 5.41) is 0. The van der Waals surface area contributed by atoms with Gasteiger partial charge in [-0.3, -0.25) is 9.69 Å². The lowest BCUT2D eigenvalue weighted by Gasteiger charge is -2.36. The standard InChI is InChI=1S/C12H26N2O2/c1-11(2,3)14(7-8-16-6)9-10(15)12(4,5)13/h7-9,13H2,1-6H3. The lowest BCUT2D eigenvalue weighted by atomic mass is 9.98. The highest BCUT2D eigenvalue weighted by atomic mass is 16.5. The maximum absolute atomic E-state index is 11.9. The van der Waals surface area contributed by atoms with Gasteiger partial charge in [0.1, 0.15) is 0 Å². The Hall–Kier alpha value is -0.450. The van der Waals surface area contributed by atoms with Crippen molar-refractivity contribution in [1.82, 2.24) is 4.90 Å². The molecule has 0 fully saturated rings. The summed E-state index contributed by atoms with van der Waals surface area (Å²) in [7, 11) is 1.66. The molecule has 16 heavy (non-hydrogen) atoms. The van der Waals surface area contributed by atoms with E-state index in [9.17, 15) is 4.79 Å². The predicted molar refractivity (Wildman–Crippen MR) is 66.5 cm³/mol. The van der Waals surface area contributed by atoms with E-state index in [4.69, 9.17) is 10.5 Å². The van der Waals surface area contributed by atoms with E-state index >= 15 is 0 Å². The summed E-state index contributed by atoms with van der Waals surface area (Å²) >= 11 is 0. The Bertz CT molecular complexity index is 226. The van der Waals surface area contributed by atoms with Crippen molar-refractivity contribution >= 4 is 5.78 Å². The second-order valence-electron chi connectivity index (χ2n) is 5.73. The predicted octanol–water partition coefficient (Wildman–Crippen LogP) is 1.04. The Morgan fingerprint density at radius 3 is 2.06 bits per heavy atom. The third-order valence-corrected chi connectivity index (χ3v) is 2.57. The minimum atomic E-state index is -0.767. The van der Waals surface area contributed by atoms with Gasteiger partial charge in [-0.1, -0.05) is 0 Å². The minimum absolute atomic E-state index is 0.0542. The Morgan fingerprint density at radius 1 is 1.25 bits per heavy atom. The highest BCUT2D eigenvalue weighted by Crippen LogP contribution is 2.14. The van der Waals surface area contributed by atoms with Gasteiger partial charge in [-0.25, -0.2) is 0 Å². The number of Topliss-reactive ketones (excluding diaryl/α,β-unsaturated/α-hetero) is 1. The van der Waals surface area contributed by atoms with E-state index in [-0.39, 0.29) is 11.3 Å². The molecule has 0 aromatic carbocycles. The SMILES string of the molecule is COCCN(CC(=O)C(C)(C)N)C(C)(C)C. The summed E-state index contributed by atoms with van der Waals surface area (Å²) in [6.45, 7) is 11.5. The van der Waals surface area contributed by atoms with Crippen LogP contribution in [0.2, 0.25) is 0 Å². The van der Waals surface area contributed by atoms with Crippen molar-refractivity contribution in [2.45, 2.75) is 45.7 Å². The number of hydrogen-bond acceptors (Lipinski definition) is 4. The van der Waals surface area contributed by atoms with Crippen molar-refractivity contribution in [2.75, 3.05) is 26.8 Å². The lowest BCUT2D eigenvalue weighted by Crippen LogP contribution is -2.52. The molecule has 0 heterocycles. The first kappa shape index (κ1) is 15.6. The zero-order chi connectivity index (χ0) is 13.0. The maximum atomic E-state index is 11.9. The molecule has 0 aromatic heterocycles. The van der Waals surface area contributed by atoms with E-state index in [2.05, 4.69) is 25.7 Å². The fourth-order valence-corrected chi connectivity index (χ4v) is 1.23. The third-order valence-electron chi connectivity index (χ3n) is 2.57. The smallest absolute Gasteiger partial charge is 0.166 e. The van der Waals surface area contributed by atoms with Crippen LogP contribution in [0.5, 0.6) is 0 Å². The largest absolute Gasteiger partial charge is 0.383 e. The molecule has 0 saturated heterocycles. The third kappa shape index (κ3) is 5.58.